The minimum Gasteiger partial charge on any atom is -0.305 e. The number of fused-ring (bicyclic) bond motifs is 1. The number of rotatable bonds is 3. The molecule has 0 amide bonds. The molecule has 1 N–H and O–H groups in total. The van der Waals surface area contributed by atoms with Gasteiger partial charge >= 0.3 is 6.18 Å². The van der Waals surface area contributed by atoms with Gasteiger partial charge in [-0.05, 0) is 42.2 Å². The summed E-state index contributed by atoms with van der Waals surface area (Å²) in [6.45, 7) is -0.567. The first-order valence-corrected chi connectivity index (χ1v) is 7.30. The summed E-state index contributed by atoms with van der Waals surface area (Å²) in [5, 5.41) is 4.52. The van der Waals surface area contributed by atoms with Crippen molar-refractivity contribution in [2.45, 2.75) is 51.2 Å². The van der Waals surface area contributed by atoms with Crippen molar-refractivity contribution >= 4 is 11.3 Å². The molecule has 18 heavy (non-hydrogen) atoms. The van der Waals surface area contributed by atoms with Crippen LogP contribution in [0.15, 0.2) is 5.38 Å². The number of alkyl halides is 3. The van der Waals surface area contributed by atoms with Crippen molar-refractivity contribution < 1.29 is 13.2 Å². The SMILES string of the molecule is FC(F)(F)CNCc1csc2c1CCCCCC2. The predicted molar refractivity (Wildman–Crippen MR) is 68.0 cm³/mol. The third-order valence-corrected chi connectivity index (χ3v) is 4.43. The van der Waals surface area contributed by atoms with Crippen molar-refractivity contribution in [1.29, 1.82) is 0 Å². The van der Waals surface area contributed by atoms with Gasteiger partial charge in [-0.3, -0.25) is 0 Å². The fourth-order valence-electron chi connectivity index (χ4n) is 2.40. The van der Waals surface area contributed by atoms with Crippen LogP contribution in [-0.4, -0.2) is 12.7 Å². The number of nitrogens with one attached hydrogen (secondary N) is 1. The van der Waals surface area contributed by atoms with E-state index >= 15 is 0 Å². The molecule has 0 fully saturated rings. The Morgan fingerprint density at radius 3 is 2.56 bits per heavy atom. The van der Waals surface area contributed by atoms with Crippen molar-refractivity contribution in [1.82, 2.24) is 5.32 Å². The standard InChI is InChI=1S/C13H18F3NS/c14-13(15,16)9-17-7-10-8-18-12-6-4-2-1-3-5-11(10)12/h8,17H,1-7,9H2. The topological polar surface area (TPSA) is 12.0 Å². The summed E-state index contributed by atoms with van der Waals surface area (Å²) in [7, 11) is 0. The zero-order chi connectivity index (χ0) is 13.0. The molecule has 0 aromatic carbocycles. The normalized spacial score (nSPS) is 17.1. The highest BCUT2D eigenvalue weighted by Crippen LogP contribution is 2.29. The number of halogens is 3. The summed E-state index contributed by atoms with van der Waals surface area (Å²) in [5.74, 6) is 0. The largest absolute Gasteiger partial charge is 0.401 e. The molecule has 1 nitrogen and oxygen atoms in total. The van der Waals surface area contributed by atoms with E-state index < -0.39 is 12.7 Å². The number of aryl methyl sites for hydroxylation is 1. The average molecular weight is 277 g/mol. The van der Waals surface area contributed by atoms with Crippen LogP contribution >= 0.6 is 11.3 Å². The lowest BCUT2D eigenvalue weighted by molar-refractivity contribution is -0.125. The zero-order valence-electron chi connectivity index (χ0n) is 10.3. The van der Waals surface area contributed by atoms with Gasteiger partial charge in [0.15, 0.2) is 0 Å². The van der Waals surface area contributed by atoms with Crippen LogP contribution in [0, 0.1) is 0 Å². The van der Waals surface area contributed by atoms with Crippen LogP contribution in [0.25, 0.3) is 0 Å². The number of thiophene rings is 1. The summed E-state index contributed by atoms with van der Waals surface area (Å²) in [6, 6.07) is 0. The summed E-state index contributed by atoms with van der Waals surface area (Å²) in [4.78, 5) is 1.39. The monoisotopic (exact) mass is 277 g/mol. The van der Waals surface area contributed by atoms with Gasteiger partial charge in [-0.1, -0.05) is 12.8 Å². The molecule has 0 saturated carbocycles. The maximum absolute atomic E-state index is 12.1. The molecule has 5 heteroatoms. The van der Waals surface area contributed by atoms with Crippen LogP contribution in [0.5, 0.6) is 0 Å². The molecular formula is C13H18F3NS. The van der Waals surface area contributed by atoms with Crippen LogP contribution in [-0.2, 0) is 19.4 Å². The summed E-state index contributed by atoms with van der Waals surface area (Å²) < 4.78 is 36.2. The summed E-state index contributed by atoms with van der Waals surface area (Å²) >= 11 is 1.71. The van der Waals surface area contributed by atoms with Crippen molar-refractivity contribution in [3.8, 4) is 0 Å². The minimum atomic E-state index is -4.12. The molecule has 0 aliphatic heterocycles. The molecule has 0 radical (unpaired) electrons. The van der Waals surface area contributed by atoms with Crippen molar-refractivity contribution in [2.75, 3.05) is 6.54 Å². The molecule has 1 aliphatic rings. The first-order chi connectivity index (χ1) is 8.56. The second kappa shape index (κ2) is 6.06. The maximum Gasteiger partial charge on any atom is 0.401 e. The van der Waals surface area contributed by atoms with Crippen molar-refractivity contribution in [3.05, 3.63) is 21.4 Å². The lowest BCUT2D eigenvalue weighted by Gasteiger charge is -2.12. The van der Waals surface area contributed by atoms with Gasteiger partial charge in [0.25, 0.3) is 0 Å². The van der Waals surface area contributed by atoms with Crippen LogP contribution in [0.3, 0.4) is 0 Å². The number of hydrogen-bond donors (Lipinski definition) is 1. The second-order valence-corrected chi connectivity index (χ2v) is 5.76. The van der Waals surface area contributed by atoms with Crippen LogP contribution in [0.1, 0.15) is 41.7 Å². The van der Waals surface area contributed by atoms with Crippen LogP contribution in [0.2, 0.25) is 0 Å². The Morgan fingerprint density at radius 2 is 1.83 bits per heavy atom. The molecule has 1 aliphatic carbocycles. The van der Waals surface area contributed by atoms with E-state index in [9.17, 15) is 13.2 Å². The smallest absolute Gasteiger partial charge is 0.305 e. The third-order valence-electron chi connectivity index (χ3n) is 3.29. The first-order valence-electron chi connectivity index (χ1n) is 6.42. The molecule has 102 valence electrons. The van der Waals surface area contributed by atoms with Gasteiger partial charge in [0.05, 0.1) is 6.54 Å². The average Bonchev–Trinajstić information content (AvgIpc) is 2.58. The molecule has 0 atom stereocenters. The molecule has 1 heterocycles. The maximum atomic E-state index is 12.1. The molecular weight excluding hydrogens is 259 g/mol. The highest BCUT2D eigenvalue weighted by Gasteiger charge is 2.26. The Labute approximate surface area is 109 Å². The van der Waals surface area contributed by atoms with E-state index in [-0.39, 0.29) is 0 Å². The van der Waals surface area contributed by atoms with Crippen LogP contribution in [0.4, 0.5) is 13.2 Å². The molecule has 0 bridgehead atoms. The lowest BCUT2D eigenvalue weighted by Crippen LogP contribution is -2.28. The van der Waals surface area contributed by atoms with Gasteiger partial charge in [-0.2, -0.15) is 13.2 Å². The molecule has 0 saturated heterocycles. The quantitative estimate of drug-likeness (QED) is 0.878. The Morgan fingerprint density at radius 1 is 1.11 bits per heavy atom. The highest BCUT2D eigenvalue weighted by molar-refractivity contribution is 7.10. The molecule has 0 unspecified atom stereocenters. The van der Waals surface area contributed by atoms with Gasteiger partial charge in [0.1, 0.15) is 0 Å². The van der Waals surface area contributed by atoms with Gasteiger partial charge in [0, 0.05) is 11.4 Å². The second-order valence-electron chi connectivity index (χ2n) is 4.80. The van der Waals surface area contributed by atoms with Crippen molar-refractivity contribution in [3.63, 3.8) is 0 Å². The summed E-state index contributed by atoms with van der Waals surface area (Å²) in [5.41, 5.74) is 2.38. The fraction of sp³-hybridized carbons (Fsp3) is 0.692. The van der Waals surface area contributed by atoms with E-state index in [4.69, 9.17) is 0 Å². The Kier molecular flexibility index (Phi) is 4.67. The fourth-order valence-corrected chi connectivity index (χ4v) is 3.55. The van der Waals surface area contributed by atoms with Crippen molar-refractivity contribution in [2.24, 2.45) is 0 Å². The van der Waals surface area contributed by atoms with Crippen LogP contribution < -0.4 is 5.32 Å². The minimum absolute atomic E-state index is 0.339. The first kappa shape index (κ1) is 13.9. The lowest BCUT2D eigenvalue weighted by atomic mass is 9.97. The molecule has 2 rings (SSSR count). The molecule has 1 aromatic rings. The van der Waals surface area contributed by atoms with E-state index in [1.54, 1.807) is 11.3 Å². The van der Waals surface area contributed by atoms with E-state index in [1.165, 1.54) is 29.7 Å². The Balaban J connectivity index is 1.96. The van der Waals surface area contributed by atoms with E-state index in [0.717, 1.165) is 24.8 Å². The summed E-state index contributed by atoms with van der Waals surface area (Å²) in [6.07, 6.45) is 2.90. The van der Waals surface area contributed by atoms with E-state index in [0.29, 0.717) is 6.54 Å². The zero-order valence-corrected chi connectivity index (χ0v) is 11.1. The van der Waals surface area contributed by atoms with Gasteiger partial charge in [-0.15, -0.1) is 11.3 Å². The number of hydrogen-bond acceptors (Lipinski definition) is 2. The van der Waals surface area contributed by atoms with E-state index in [2.05, 4.69) is 5.32 Å². The Hall–Kier alpha value is -0.550. The molecule has 0 spiro atoms. The third kappa shape index (κ3) is 3.99. The Bertz CT molecular complexity index is 384. The molecule has 1 aromatic heterocycles. The predicted octanol–water partition coefficient (Wildman–Crippen LogP) is 4.06. The van der Waals surface area contributed by atoms with Gasteiger partial charge in [0.2, 0.25) is 0 Å². The van der Waals surface area contributed by atoms with E-state index in [1.807, 2.05) is 5.38 Å². The highest BCUT2D eigenvalue weighted by atomic mass is 32.1. The van der Waals surface area contributed by atoms with Gasteiger partial charge < -0.3 is 5.32 Å². The van der Waals surface area contributed by atoms with Gasteiger partial charge in [-0.25, -0.2) is 0 Å².